The van der Waals surface area contributed by atoms with E-state index < -0.39 is 17.5 Å². The van der Waals surface area contributed by atoms with E-state index in [2.05, 4.69) is 26.2 Å². The lowest BCUT2D eigenvalue weighted by Crippen LogP contribution is -2.04. The first-order valence-corrected chi connectivity index (χ1v) is 7.47. The number of hydrogen-bond acceptors (Lipinski definition) is 2. The van der Waals surface area contributed by atoms with Crippen molar-refractivity contribution >= 4 is 44.8 Å². The Hall–Kier alpha value is -2.54. The molecule has 0 unspecified atom stereocenters. The van der Waals surface area contributed by atoms with Gasteiger partial charge in [-0.15, -0.1) is 0 Å². The molecule has 2 aromatic heterocycles. The van der Waals surface area contributed by atoms with E-state index in [1.165, 1.54) is 0 Å². The number of benzene rings is 1. The normalized spacial score (nSPS) is 15.3. The van der Waals surface area contributed by atoms with Crippen LogP contribution in [0, 0.1) is 11.6 Å². The van der Waals surface area contributed by atoms with Crippen molar-refractivity contribution in [2.75, 3.05) is 5.32 Å². The van der Waals surface area contributed by atoms with Crippen molar-refractivity contribution in [1.82, 2.24) is 9.38 Å². The third-order valence-electron chi connectivity index (χ3n) is 3.62. The maximum absolute atomic E-state index is 13.8. The minimum atomic E-state index is -0.794. The fourth-order valence-corrected chi connectivity index (χ4v) is 2.92. The van der Waals surface area contributed by atoms with Crippen molar-refractivity contribution in [2.45, 2.75) is 0 Å². The van der Waals surface area contributed by atoms with Gasteiger partial charge in [0.05, 0.1) is 23.2 Å². The number of halogens is 3. The molecule has 3 heterocycles. The van der Waals surface area contributed by atoms with Crippen LogP contribution in [0.1, 0.15) is 11.3 Å². The average Bonchev–Trinajstić information content (AvgIpc) is 3.03. The molecule has 4 rings (SSSR count). The summed E-state index contributed by atoms with van der Waals surface area (Å²) in [5, 5.41) is 2.43. The van der Waals surface area contributed by atoms with Gasteiger partial charge in [0.15, 0.2) is 0 Å². The minimum Gasteiger partial charge on any atom is -0.319 e. The topological polar surface area (TPSA) is 46.4 Å². The number of hydrogen-bond donors (Lipinski definition) is 1. The van der Waals surface area contributed by atoms with Gasteiger partial charge in [-0.3, -0.25) is 9.20 Å². The van der Waals surface area contributed by atoms with Gasteiger partial charge in [0.1, 0.15) is 17.3 Å². The van der Waals surface area contributed by atoms with Gasteiger partial charge in [-0.1, -0.05) is 0 Å². The number of amides is 1. The van der Waals surface area contributed by atoms with Crippen molar-refractivity contribution < 1.29 is 13.6 Å². The summed E-state index contributed by atoms with van der Waals surface area (Å²) < 4.78 is 29.9. The lowest BCUT2D eigenvalue weighted by Gasteiger charge is -2.01. The minimum absolute atomic E-state index is 0.00217. The van der Waals surface area contributed by atoms with E-state index in [4.69, 9.17) is 0 Å². The first-order chi connectivity index (χ1) is 11.0. The van der Waals surface area contributed by atoms with Crippen LogP contribution < -0.4 is 5.32 Å². The number of pyridine rings is 1. The fraction of sp³-hybridized carbons (Fsp3) is 0. The molecule has 1 amide bonds. The first kappa shape index (κ1) is 14.1. The molecule has 1 aliphatic rings. The van der Waals surface area contributed by atoms with Crippen LogP contribution in [0.15, 0.2) is 41.1 Å². The molecule has 114 valence electrons. The number of anilines is 1. The van der Waals surface area contributed by atoms with Crippen molar-refractivity contribution in [3.05, 3.63) is 64.0 Å². The number of aromatic nitrogens is 2. The zero-order valence-electron chi connectivity index (χ0n) is 11.5. The monoisotopic (exact) mass is 375 g/mol. The number of nitrogens with zero attached hydrogens (tertiary/aromatic N) is 2. The number of carbonyl (C=O) groups excluding carboxylic acids is 1. The molecule has 0 atom stereocenters. The molecule has 0 bridgehead atoms. The highest BCUT2D eigenvalue weighted by Crippen LogP contribution is 2.35. The maximum atomic E-state index is 13.8. The molecule has 3 aromatic rings. The van der Waals surface area contributed by atoms with Gasteiger partial charge in [-0.05, 0) is 40.2 Å². The van der Waals surface area contributed by atoms with Crippen LogP contribution in [0.3, 0.4) is 0 Å². The lowest BCUT2D eigenvalue weighted by atomic mass is 10.1. The average molecular weight is 376 g/mol. The highest BCUT2D eigenvalue weighted by molar-refractivity contribution is 9.10. The number of imidazole rings is 1. The summed E-state index contributed by atoms with van der Waals surface area (Å²) in [4.78, 5) is 16.4. The molecule has 0 saturated heterocycles. The molecule has 7 heteroatoms. The molecular weight excluding hydrogens is 368 g/mol. The SMILES string of the molecule is O=C1Nc2c(F)cc(F)cc2/C1=C/c1cnc2ccc(Br)cn12. The van der Waals surface area contributed by atoms with Crippen LogP contribution in [-0.2, 0) is 4.79 Å². The largest absolute Gasteiger partial charge is 0.319 e. The third kappa shape index (κ3) is 2.24. The van der Waals surface area contributed by atoms with Crippen molar-refractivity contribution in [3.63, 3.8) is 0 Å². The van der Waals surface area contributed by atoms with Gasteiger partial charge < -0.3 is 5.32 Å². The van der Waals surface area contributed by atoms with Gasteiger partial charge in [0.2, 0.25) is 0 Å². The van der Waals surface area contributed by atoms with Crippen LogP contribution >= 0.6 is 15.9 Å². The Morgan fingerprint density at radius 3 is 2.91 bits per heavy atom. The van der Waals surface area contributed by atoms with Crippen molar-refractivity contribution in [2.24, 2.45) is 0 Å². The molecule has 1 aromatic carbocycles. The summed E-state index contributed by atoms with van der Waals surface area (Å²) in [6.45, 7) is 0. The number of carbonyl (C=O) groups is 1. The van der Waals surface area contributed by atoms with Crippen molar-refractivity contribution in [3.8, 4) is 0 Å². The molecule has 1 aliphatic heterocycles. The predicted molar refractivity (Wildman–Crippen MR) is 85.8 cm³/mol. The Morgan fingerprint density at radius 2 is 2.09 bits per heavy atom. The van der Waals surface area contributed by atoms with Crippen LogP contribution in [0.5, 0.6) is 0 Å². The summed E-state index contributed by atoms with van der Waals surface area (Å²) in [6, 6.07) is 5.55. The maximum Gasteiger partial charge on any atom is 0.256 e. The summed E-state index contributed by atoms with van der Waals surface area (Å²) in [5.74, 6) is -2.00. The summed E-state index contributed by atoms with van der Waals surface area (Å²) in [7, 11) is 0. The number of rotatable bonds is 1. The Balaban J connectivity index is 1.92. The smallest absolute Gasteiger partial charge is 0.256 e. The van der Waals surface area contributed by atoms with E-state index in [9.17, 15) is 13.6 Å². The van der Waals surface area contributed by atoms with E-state index in [0.717, 1.165) is 16.6 Å². The van der Waals surface area contributed by atoms with E-state index in [-0.39, 0.29) is 16.8 Å². The van der Waals surface area contributed by atoms with Gasteiger partial charge in [0, 0.05) is 22.3 Å². The van der Waals surface area contributed by atoms with Gasteiger partial charge >= 0.3 is 0 Å². The second-order valence-corrected chi connectivity index (χ2v) is 6.00. The number of nitrogens with one attached hydrogen (secondary N) is 1. The summed E-state index contributed by atoms with van der Waals surface area (Å²) in [5.41, 5.74) is 1.73. The molecule has 0 fully saturated rings. The highest BCUT2D eigenvalue weighted by Gasteiger charge is 2.28. The molecule has 0 aliphatic carbocycles. The Labute approximate surface area is 137 Å². The predicted octanol–water partition coefficient (Wildman–Crippen LogP) is 3.87. The molecule has 0 saturated carbocycles. The Bertz CT molecular complexity index is 1010. The highest BCUT2D eigenvalue weighted by atomic mass is 79.9. The van der Waals surface area contributed by atoms with Crippen LogP contribution in [0.2, 0.25) is 0 Å². The van der Waals surface area contributed by atoms with Crippen LogP contribution in [0.4, 0.5) is 14.5 Å². The zero-order valence-corrected chi connectivity index (χ0v) is 13.1. The second kappa shape index (κ2) is 4.99. The molecule has 23 heavy (non-hydrogen) atoms. The molecule has 0 spiro atoms. The quantitative estimate of drug-likeness (QED) is 0.656. The van der Waals surface area contributed by atoms with E-state index in [0.29, 0.717) is 11.3 Å². The Kier molecular flexibility index (Phi) is 3.05. The molecule has 4 nitrogen and oxygen atoms in total. The zero-order chi connectivity index (χ0) is 16.1. The number of fused-ring (bicyclic) bond motifs is 2. The standard InChI is InChI=1S/C16H8BrF2N3O/c17-8-1-2-14-20-6-10(22(14)7-8)5-12-11-3-9(18)4-13(19)15(11)21-16(12)23/h1-7H,(H,21,23)/b12-5-. The molecule has 0 radical (unpaired) electrons. The second-order valence-electron chi connectivity index (χ2n) is 5.08. The van der Waals surface area contributed by atoms with Gasteiger partial charge in [0.25, 0.3) is 5.91 Å². The van der Waals surface area contributed by atoms with Crippen LogP contribution in [0.25, 0.3) is 17.3 Å². The summed E-state index contributed by atoms with van der Waals surface area (Å²) >= 11 is 3.37. The van der Waals surface area contributed by atoms with E-state index in [1.807, 2.05) is 12.1 Å². The lowest BCUT2D eigenvalue weighted by molar-refractivity contribution is -0.110. The van der Waals surface area contributed by atoms with Crippen molar-refractivity contribution in [1.29, 1.82) is 0 Å². The summed E-state index contributed by atoms with van der Waals surface area (Å²) in [6.07, 6.45) is 4.96. The van der Waals surface area contributed by atoms with Crippen LogP contribution in [-0.4, -0.2) is 15.3 Å². The van der Waals surface area contributed by atoms with E-state index >= 15 is 0 Å². The molecule has 1 N–H and O–H groups in total. The first-order valence-electron chi connectivity index (χ1n) is 6.68. The Morgan fingerprint density at radius 1 is 1.26 bits per heavy atom. The van der Waals surface area contributed by atoms with E-state index in [1.54, 1.807) is 22.9 Å². The van der Waals surface area contributed by atoms with Gasteiger partial charge in [-0.25, -0.2) is 13.8 Å². The molecular formula is C16H8BrF2N3O. The van der Waals surface area contributed by atoms with Gasteiger partial charge in [-0.2, -0.15) is 0 Å². The fourth-order valence-electron chi connectivity index (χ4n) is 2.59. The third-order valence-corrected chi connectivity index (χ3v) is 4.09.